The molecule has 1 unspecified atom stereocenters. The van der Waals surface area contributed by atoms with Crippen molar-refractivity contribution in [2.75, 3.05) is 13.2 Å². The Labute approximate surface area is 99.2 Å². The number of carboxylic acids is 1. The van der Waals surface area contributed by atoms with Gasteiger partial charge in [0.05, 0.1) is 25.6 Å². The number of rotatable bonds is 7. The highest BCUT2D eigenvalue weighted by molar-refractivity contribution is 5.96. The number of carboxylic acid groups (broad SMARTS) is 1. The molecule has 0 aromatic heterocycles. The highest BCUT2D eigenvalue weighted by atomic mass is 16.5. The molecule has 0 spiro atoms. The van der Waals surface area contributed by atoms with Crippen molar-refractivity contribution in [3.05, 3.63) is 12.2 Å². The second-order valence-electron chi connectivity index (χ2n) is 3.15. The Kier molecular flexibility index (Phi) is 6.62. The molecule has 0 rings (SSSR count). The van der Waals surface area contributed by atoms with Crippen molar-refractivity contribution >= 4 is 17.9 Å². The van der Waals surface area contributed by atoms with Gasteiger partial charge < -0.3 is 14.6 Å². The molecule has 1 atom stereocenters. The Morgan fingerprint density at radius 3 is 2.12 bits per heavy atom. The first kappa shape index (κ1) is 15.2. The first-order valence-corrected chi connectivity index (χ1v) is 5.18. The summed E-state index contributed by atoms with van der Waals surface area (Å²) in [7, 11) is 0. The van der Waals surface area contributed by atoms with E-state index in [9.17, 15) is 14.4 Å². The van der Waals surface area contributed by atoms with E-state index >= 15 is 0 Å². The second-order valence-corrected chi connectivity index (χ2v) is 3.15. The van der Waals surface area contributed by atoms with Crippen LogP contribution in [0.25, 0.3) is 0 Å². The van der Waals surface area contributed by atoms with Crippen LogP contribution in [0.15, 0.2) is 12.2 Å². The quantitative estimate of drug-likeness (QED) is 0.525. The van der Waals surface area contributed by atoms with Gasteiger partial charge in [-0.3, -0.25) is 9.59 Å². The van der Waals surface area contributed by atoms with Crippen LogP contribution in [0, 0.1) is 5.92 Å². The van der Waals surface area contributed by atoms with E-state index in [1.807, 2.05) is 0 Å². The highest BCUT2D eigenvalue weighted by Crippen LogP contribution is 2.16. The molecule has 96 valence electrons. The van der Waals surface area contributed by atoms with Gasteiger partial charge in [0, 0.05) is 5.57 Å². The van der Waals surface area contributed by atoms with Crippen molar-refractivity contribution in [3.8, 4) is 0 Å². The summed E-state index contributed by atoms with van der Waals surface area (Å²) < 4.78 is 9.24. The van der Waals surface area contributed by atoms with E-state index in [4.69, 9.17) is 5.11 Å². The summed E-state index contributed by atoms with van der Waals surface area (Å²) in [5.74, 6) is -4.13. The summed E-state index contributed by atoms with van der Waals surface area (Å²) in [5, 5.41) is 8.90. The maximum atomic E-state index is 11.3. The van der Waals surface area contributed by atoms with Crippen molar-refractivity contribution in [1.82, 2.24) is 0 Å². The summed E-state index contributed by atoms with van der Waals surface area (Å²) >= 11 is 0. The van der Waals surface area contributed by atoms with Crippen molar-refractivity contribution in [1.29, 1.82) is 0 Å². The van der Waals surface area contributed by atoms with Crippen molar-refractivity contribution in [3.63, 3.8) is 0 Å². The van der Waals surface area contributed by atoms with Crippen LogP contribution < -0.4 is 0 Å². The Morgan fingerprint density at radius 2 is 1.71 bits per heavy atom. The minimum Gasteiger partial charge on any atom is -0.481 e. The standard InChI is InChI=1S/C11H16O6/c1-4-16-9(12)6-8(10(13)14)7(3)11(15)17-5-2/h8H,3-6H2,1-2H3,(H,13,14). The number of esters is 2. The largest absolute Gasteiger partial charge is 0.481 e. The van der Waals surface area contributed by atoms with Gasteiger partial charge in [0.25, 0.3) is 0 Å². The molecule has 0 saturated heterocycles. The van der Waals surface area contributed by atoms with Gasteiger partial charge >= 0.3 is 17.9 Å². The lowest BCUT2D eigenvalue weighted by atomic mass is 9.97. The van der Waals surface area contributed by atoms with Crippen LogP contribution in [-0.4, -0.2) is 36.2 Å². The lowest BCUT2D eigenvalue weighted by Crippen LogP contribution is -2.25. The van der Waals surface area contributed by atoms with Crippen molar-refractivity contribution in [2.24, 2.45) is 5.92 Å². The maximum Gasteiger partial charge on any atom is 0.334 e. The predicted molar refractivity (Wildman–Crippen MR) is 58.1 cm³/mol. The highest BCUT2D eigenvalue weighted by Gasteiger charge is 2.29. The number of carbonyl (C=O) groups excluding carboxylic acids is 2. The van der Waals surface area contributed by atoms with Crippen LogP contribution in [0.5, 0.6) is 0 Å². The van der Waals surface area contributed by atoms with E-state index in [1.165, 1.54) is 0 Å². The zero-order valence-corrected chi connectivity index (χ0v) is 9.89. The summed E-state index contributed by atoms with van der Waals surface area (Å²) in [6.07, 6.45) is -0.430. The van der Waals surface area contributed by atoms with Gasteiger partial charge in [-0.15, -0.1) is 0 Å². The molecule has 0 aliphatic rings. The average Bonchev–Trinajstić information content (AvgIpc) is 2.25. The predicted octanol–water partition coefficient (Wildman–Crippen LogP) is 0.760. The van der Waals surface area contributed by atoms with Crippen LogP contribution in [0.1, 0.15) is 20.3 Å². The molecular weight excluding hydrogens is 228 g/mol. The minimum atomic E-state index is -1.31. The van der Waals surface area contributed by atoms with Gasteiger partial charge in [0.1, 0.15) is 0 Å². The SMILES string of the molecule is C=C(C(=O)OCC)C(CC(=O)OCC)C(=O)O. The minimum absolute atomic E-state index is 0.115. The van der Waals surface area contributed by atoms with Crippen LogP contribution >= 0.6 is 0 Å². The molecule has 0 aromatic rings. The zero-order valence-electron chi connectivity index (χ0n) is 9.89. The van der Waals surface area contributed by atoms with Gasteiger partial charge in [0.15, 0.2) is 0 Å². The maximum absolute atomic E-state index is 11.3. The third-order valence-corrected chi connectivity index (χ3v) is 1.93. The Hall–Kier alpha value is -1.85. The molecule has 0 aliphatic carbocycles. The smallest absolute Gasteiger partial charge is 0.334 e. The lowest BCUT2D eigenvalue weighted by Gasteiger charge is -2.13. The summed E-state index contributed by atoms with van der Waals surface area (Å²) in [4.78, 5) is 33.4. The summed E-state index contributed by atoms with van der Waals surface area (Å²) in [6.45, 7) is 6.80. The van der Waals surface area contributed by atoms with Gasteiger partial charge in [-0.25, -0.2) is 4.79 Å². The molecular formula is C11H16O6. The third kappa shape index (κ3) is 5.14. The van der Waals surface area contributed by atoms with Gasteiger partial charge in [0.2, 0.25) is 0 Å². The van der Waals surface area contributed by atoms with Crippen molar-refractivity contribution in [2.45, 2.75) is 20.3 Å². The molecule has 1 N–H and O–H groups in total. The molecule has 6 heteroatoms. The van der Waals surface area contributed by atoms with E-state index < -0.39 is 30.2 Å². The van der Waals surface area contributed by atoms with Crippen LogP contribution in [0.3, 0.4) is 0 Å². The Balaban J connectivity index is 4.63. The Morgan fingerprint density at radius 1 is 1.18 bits per heavy atom. The molecule has 0 amide bonds. The fourth-order valence-electron chi connectivity index (χ4n) is 1.11. The van der Waals surface area contributed by atoms with E-state index in [2.05, 4.69) is 16.1 Å². The summed E-state index contributed by atoms with van der Waals surface area (Å²) in [6, 6.07) is 0. The van der Waals surface area contributed by atoms with E-state index in [0.29, 0.717) is 0 Å². The molecule has 17 heavy (non-hydrogen) atoms. The molecule has 0 heterocycles. The number of carbonyl (C=O) groups is 3. The van der Waals surface area contributed by atoms with Crippen LogP contribution in [0.2, 0.25) is 0 Å². The molecule has 0 aromatic carbocycles. The number of hydrogen-bond acceptors (Lipinski definition) is 5. The van der Waals surface area contributed by atoms with Crippen LogP contribution in [0.4, 0.5) is 0 Å². The molecule has 0 aliphatic heterocycles. The molecule has 6 nitrogen and oxygen atoms in total. The monoisotopic (exact) mass is 244 g/mol. The van der Waals surface area contributed by atoms with E-state index in [-0.39, 0.29) is 18.8 Å². The van der Waals surface area contributed by atoms with Crippen molar-refractivity contribution < 1.29 is 29.0 Å². The number of hydrogen-bond donors (Lipinski definition) is 1. The topological polar surface area (TPSA) is 89.9 Å². The summed E-state index contributed by atoms with van der Waals surface area (Å²) in [5.41, 5.74) is -0.257. The number of ether oxygens (including phenoxy) is 2. The zero-order chi connectivity index (χ0) is 13.4. The Bertz CT molecular complexity index is 320. The van der Waals surface area contributed by atoms with Gasteiger partial charge in [-0.05, 0) is 13.8 Å². The van der Waals surface area contributed by atoms with E-state index in [0.717, 1.165) is 0 Å². The first-order valence-electron chi connectivity index (χ1n) is 5.18. The second kappa shape index (κ2) is 7.43. The molecule has 0 radical (unpaired) electrons. The average molecular weight is 244 g/mol. The van der Waals surface area contributed by atoms with Gasteiger partial charge in [-0.1, -0.05) is 6.58 Å². The normalized spacial score (nSPS) is 11.4. The molecule has 0 saturated carbocycles. The van der Waals surface area contributed by atoms with E-state index in [1.54, 1.807) is 13.8 Å². The van der Waals surface area contributed by atoms with Gasteiger partial charge in [-0.2, -0.15) is 0 Å². The first-order chi connectivity index (χ1) is 7.93. The third-order valence-electron chi connectivity index (χ3n) is 1.93. The lowest BCUT2D eigenvalue weighted by molar-refractivity contribution is -0.151. The fraction of sp³-hybridized carbons (Fsp3) is 0.545. The fourth-order valence-corrected chi connectivity index (χ4v) is 1.11. The number of aliphatic carboxylic acids is 1. The van der Waals surface area contributed by atoms with Crippen LogP contribution in [-0.2, 0) is 23.9 Å². The molecule has 0 fully saturated rings. The molecule has 0 bridgehead atoms.